The van der Waals surface area contributed by atoms with E-state index in [2.05, 4.69) is 0 Å². The lowest BCUT2D eigenvalue weighted by molar-refractivity contribution is 0.143. The monoisotopic (exact) mass is 227 g/mol. The Balaban J connectivity index is 2.38. The molecule has 1 unspecified atom stereocenters. The van der Waals surface area contributed by atoms with Crippen molar-refractivity contribution in [1.82, 2.24) is 0 Å². The molecule has 16 heavy (non-hydrogen) atoms. The summed E-state index contributed by atoms with van der Waals surface area (Å²) in [6.07, 6.45) is -0.455. The van der Waals surface area contributed by atoms with Gasteiger partial charge in [0.25, 0.3) is 0 Å². The largest absolute Gasteiger partial charge is 0.493 e. The van der Waals surface area contributed by atoms with Crippen molar-refractivity contribution in [2.75, 3.05) is 6.61 Å². The van der Waals surface area contributed by atoms with Gasteiger partial charge < -0.3 is 9.84 Å². The van der Waals surface area contributed by atoms with Crippen molar-refractivity contribution < 1.29 is 18.6 Å². The molecule has 0 spiro atoms. The Hall–Kier alpha value is -1.67. The average molecular weight is 227 g/mol. The predicted octanol–water partition coefficient (Wildman–Crippen LogP) is 2.01. The minimum Gasteiger partial charge on any atom is -0.493 e. The lowest BCUT2D eigenvalue weighted by Gasteiger charge is -2.08. The quantitative estimate of drug-likeness (QED) is 0.837. The lowest BCUT2D eigenvalue weighted by Crippen LogP contribution is -2.11. The molecule has 0 amide bonds. The van der Waals surface area contributed by atoms with Crippen LogP contribution in [0.4, 0.5) is 8.78 Å². The number of hydrogen-bond acceptors (Lipinski definition) is 3. The van der Waals surface area contributed by atoms with E-state index in [1.54, 1.807) is 0 Å². The van der Waals surface area contributed by atoms with E-state index in [0.29, 0.717) is 0 Å². The van der Waals surface area contributed by atoms with Gasteiger partial charge in [-0.15, -0.1) is 0 Å². The molecule has 0 saturated heterocycles. The molecule has 1 aromatic carbocycles. The van der Waals surface area contributed by atoms with Crippen LogP contribution in [0.5, 0.6) is 5.75 Å². The summed E-state index contributed by atoms with van der Waals surface area (Å²) in [6, 6.07) is 5.02. The Morgan fingerprint density at radius 1 is 1.38 bits per heavy atom. The van der Waals surface area contributed by atoms with Crippen molar-refractivity contribution in [2.24, 2.45) is 0 Å². The molecule has 0 aliphatic carbocycles. The first-order valence-corrected chi connectivity index (χ1v) is 4.76. The third-order valence-electron chi connectivity index (χ3n) is 1.94. The maximum atomic E-state index is 12.7. The van der Waals surface area contributed by atoms with Gasteiger partial charge in [0.2, 0.25) is 0 Å². The maximum Gasteiger partial charge on any atom is 0.162 e. The smallest absolute Gasteiger partial charge is 0.162 e. The minimum absolute atomic E-state index is 0.0289. The number of nitriles is 1. The highest BCUT2D eigenvalue weighted by Gasteiger charge is 2.05. The summed E-state index contributed by atoms with van der Waals surface area (Å²) in [5, 5.41) is 17.5. The summed E-state index contributed by atoms with van der Waals surface area (Å²) in [7, 11) is 0. The zero-order valence-electron chi connectivity index (χ0n) is 8.49. The highest BCUT2D eigenvalue weighted by atomic mass is 19.2. The van der Waals surface area contributed by atoms with Gasteiger partial charge in [0.1, 0.15) is 5.75 Å². The van der Waals surface area contributed by atoms with Crippen molar-refractivity contribution in [1.29, 1.82) is 5.26 Å². The topological polar surface area (TPSA) is 53.2 Å². The van der Waals surface area contributed by atoms with Crippen LogP contribution < -0.4 is 4.74 Å². The highest BCUT2D eigenvalue weighted by molar-refractivity contribution is 5.23. The summed E-state index contributed by atoms with van der Waals surface area (Å²) in [5.41, 5.74) is 0. The van der Waals surface area contributed by atoms with Gasteiger partial charge in [0.15, 0.2) is 11.6 Å². The number of halogens is 2. The van der Waals surface area contributed by atoms with Crippen LogP contribution in [0.25, 0.3) is 0 Å². The zero-order valence-corrected chi connectivity index (χ0v) is 8.49. The number of aliphatic hydroxyl groups excluding tert-OH is 1. The molecule has 5 heteroatoms. The minimum atomic E-state index is -0.977. The van der Waals surface area contributed by atoms with Crippen molar-refractivity contribution in [3.05, 3.63) is 29.8 Å². The van der Waals surface area contributed by atoms with Gasteiger partial charge in [0.05, 0.1) is 25.2 Å². The molecular weight excluding hydrogens is 216 g/mol. The van der Waals surface area contributed by atoms with Crippen LogP contribution in [0, 0.1) is 23.0 Å². The number of nitrogens with zero attached hydrogens (tertiary/aromatic N) is 1. The maximum absolute atomic E-state index is 12.7. The summed E-state index contributed by atoms with van der Waals surface area (Å²) < 4.78 is 30.4. The Morgan fingerprint density at radius 3 is 2.75 bits per heavy atom. The SMILES string of the molecule is N#CCC(O)CCOc1ccc(F)c(F)c1. The van der Waals surface area contributed by atoms with E-state index in [-0.39, 0.29) is 25.2 Å². The molecule has 3 nitrogen and oxygen atoms in total. The molecule has 1 atom stereocenters. The van der Waals surface area contributed by atoms with Crippen LogP contribution in [0.15, 0.2) is 18.2 Å². The first-order chi connectivity index (χ1) is 7.63. The molecule has 0 radical (unpaired) electrons. The molecule has 1 rings (SSSR count). The fourth-order valence-electron chi connectivity index (χ4n) is 1.09. The molecular formula is C11H11F2NO2. The molecule has 86 valence electrons. The van der Waals surface area contributed by atoms with E-state index in [1.165, 1.54) is 6.07 Å². The molecule has 0 saturated carbocycles. The Kier molecular flexibility index (Phi) is 4.67. The van der Waals surface area contributed by atoms with Gasteiger partial charge in [-0.2, -0.15) is 5.26 Å². The van der Waals surface area contributed by atoms with Crippen molar-refractivity contribution in [2.45, 2.75) is 18.9 Å². The first-order valence-electron chi connectivity index (χ1n) is 4.76. The molecule has 0 heterocycles. The van der Waals surface area contributed by atoms with E-state index in [0.717, 1.165) is 12.1 Å². The van der Waals surface area contributed by atoms with Crippen LogP contribution in [0.2, 0.25) is 0 Å². The van der Waals surface area contributed by atoms with Crippen LogP contribution in [0.1, 0.15) is 12.8 Å². The van der Waals surface area contributed by atoms with Crippen LogP contribution >= 0.6 is 0 Å². The van der Waals surface area contributed by atoms with Crippen LogP contribution in [-0.2, 0) is 0 Å². The number of ether oxygens (including phenoxy) is 1. The fourth-order valence-corrected chi connectivity index (χ4v) is 1.09. The predicted molar refractivity (Wildman–Crippen MR) is 52.7 cm³/mol. The van der Waals surface area contributed by atoms with E-state index in [1.807, 2.05) is 6.07 Å². The van der Waals surface area contributed by atoms with E-state index in [4.69, 9.17) is 10.00 Å². The van der Waals surface area contributed by atoms with Crippen molar-refractivity contribution in [3.8, 4) is 11.8 Å². The zero-order chi connectivity index (χ0) is 12.0. The van der Waals surface area contributed by atoms with Gasteiger partial charge >= 0.3 is 0 Å². The van der Waals surface area contributed by atoms with Gasteiger partial charge in [-0.3, -0.25) is 0 Å². The normalized spacial score (nSPS) is 11.9. The number of aliphatic hydroxyl groups is 1. The van der Waals surface area contributed by atoms with E-state index < -0.39 is 17.7 Å². The molecule has 0 fully saturated rings. The van der Waals surface area contributed by atoms with Crippen molar-refractivity contribution >= 4 is 0 Å². The highest BCUT2D eigenvalue weighted by Crippen LogP contribution is 2.15. The summed E-state index contributed by atoms with van der Waals surface area (Å²) >= 11 is 0. The Labute approximate surface area is 91.9 Å². The van der Waals surface area contributed by atoms with Gasteiger partial charge in [-0.25, -0.2) is 8.78 Å². The number of rotatable bonds is 5. The van der Waals surface area contributed by atoms with Crippen LogP contribution in [0.3, 0.4) is 0 Å². The third-order valence-corrected chi connectivity index (χ3v) is 1.94. The Morgan fingerprint density at radius 2 is 2.12 bits per heavy atom. The summed E-state index contributed by atoms with van der Waals surface area (Å²) in [6.45, 7) is 0.147. The van der Waals surface area contributed by atoms with Gasteiger partial charge in [-0.05, 0) is 12.1 Å². The summed E-state index contributed by atoms with van der Waals surface area (Å²) in [4.78, 5) is 0. The standard InChI is InChI=1S/C11H11F2NO2/c12-10-2-1-9(7-11(10)13)16-6-4-8(15)3-5-14/h1-2,7-8,15H,3-4,6H2. The Bertz CT molecular complexity index is 390. The molecule has 0 aliphatic rings. The molecule has 0 aliphatic heterocycles. The summed E-state index contributed by atoms with van der Waals surface area (Å²) in [5.74, 6) is -1.71. The molecule has 1 aromatic rings. The van der Waals surface area contributed by atoms with Crippen molar-refractivity contribution in [3.63, 3.8) is 0 Å². The number of hydrogen-bond donors (Lipinski definition) is 1. The third kappa shape index (κ3) is 3.83. The molecule has 0 aromatic heterocycles. The lowest BCUT2D eigenvalue weighted by atomic mass is 10.2. The van der Waals surface area contributed by atoms with E-state index >= 15 is 0 Å². The molecule has 1 N–H and O–H groups in total. The van der Waals surface area contributed by atoms with Gasteiger partial charge in [-0.1, -0.05) is 0 Å². The second-order valence-corrected chi connectivity index (χ2v) is 3.23. The average Bonchev–Trinajstić information content (AvgIpc) is 2.24. The number of benzene rings is 1. The molecule has 0 bridgehead atoms. The van der Waals surface area contributed by atoms with Gasteiger partial charge in [0, 0.05) is 12.5 Å². The second-order valence-electron chi connectivity index (χ2n) is 3.23. The first kappa shape index (κ1) is 12.4. The second kappa shape index (κ2) is 6.03. The van der Waals surface area contributed by atoms with E-state index in [9.17, 15) is 13.9 Å². The fraction of sp³-hybridized carbons (Fsp3) is 0.364. The van der Waals surface area contributed by atoms with Crippen LogP contribution in [-0.4, -0.2) is 17.8 Å².